The summed E-state index contributed by atoms with van der Waals surface area (Å²) in [6, 6.07) is -0.761. The zero-order chi connectivity index (χ0) is 12.3. The van der Waals surface area contributed by atoms with E-state index < -0.39 is 17.6 Å². The van der Waals surface area contributed by atoms with Crippen molar-refractivity contribution in [2.24, 2.45) is 12.8 Å². The number of aromatic nitrogens is 4. The molecule has 0 aliphatic carbocycles. The third-order valence-corrected chi connectivity index (χ3v) is 1.66. The van der Waals surface area contributed by atoms with Crippen molar-refractivity contribution in [1.82, 2.24) is 20.2 Å². The molecule has 1 aromatic heterocycles. The fraction of sp³-hybridized carbons (Fsp3) is 0.778. The van der Waals surface area contributed by atoms with Crippen LogP contribution in [0.15, 0.2) is 0 Å². The molecule has 0 aliphatic rings. The first-order valence-electron chi connectivity index (χ1n) is 4.99. The summed E-state index contributed by atoms with van der Waals surface area (Å²) in [5.41, 5.74) is 5.14. The van der Waals surface area contributed by atoms with E-state index in [1.54, 1.807) is 27.8 Å². The van der Waals surface area contributed by atoms with E-state index in [1.807, 2.05) is 0 Å². The lowest BCUT2D eigenvalue weighted by Crippen LogP contribution is -2.39. The number of tetrazole rings is 1. The van der Waals surface area contributed by atoms with Crippen molar-refractivity contribution in [2.75, 3.05) is 0 Å². The van der Waals surface area contributed by atoms with Crippen LogP contribution in [0.25, 0.3) is 0 Å². The Kier molecular flexibility index (Phi) is 3.58. The molecule has 0 radical (unpaired) electrons. The summed E-state index contributed by atoms with van der Waals surface area (Å²) in [5, 5.41) is 11.3. The maximum atomic E-state index is 11.5. The van der Waals surface area contributed by atoms with Gasteiger partial charge in [-0.05, 0) is 26.0 Å². The zero-order valence-corrected chi connectivity index (χ0v) is 9.97. The van der Waals surface area contributed by atoms with Gasteiger partial charge in [-0.15, -0.1) is 10.2 Å². The second kappa shape index (κ2) is 4.56. The fourth-order valence-corrected chi connectivity index (χ4v) is 1.06. The molecule has 1 atom stereocenters. The lowest BCUT2D eigenvalue weighted by atomic mass is 10.1. The molecule has 0 bridgehead atoms. The SMILES string of the molecule is Cn1nnc(CC(N)C(=O)OC(C)(C)C)n1. The van der Waals surface area contributed by atoms with E-state index in [-0.39, 0.29) is 6.42 Å². The van der Waals surface area contributed by atoms with Crippen LogP contribution < -0.4 is 5.73 Å². The minimum absolute atomic E-state index is 0.225. The fourth-order valence-electron chi connectivity index (χ4n) is 1.06. The van der Waals surface area contributed by atoms with Crippen LogP contribution in [-0.2, 0) is 23.0 Å². The second-order valence-corrected chi connectivity index (χ2v) is 4.54. The van der Waals surface area contributed by atoms with Crippen molar-refractivity contribution in [2.45, 2.75) is 38.8 Å². The Bertz CT molecular complexity index is 368. The first kappa shape index (κ1) is 12.6. The second-order valence-electron chi connectivity index (χ2n) is 4.54. The van der Waals surface area contributed by atoms with Crippen molar-refractivity contribution in [1.29, 1.82) is 0 Å². The lowest BCUT2D eigenvalue weighted by molar-refractivity contribution is -0.156. The van der Waals surface area contributed by atoms with Crippen molar-refractivity contribution in [3.63, 3.8) is 0 Å². The predicted molar refractivity (Wildman–Crippen MR) is 56.3 cm³/mol. The van der Waals surface area contributed by atoms with E-state index in [1.165, 1.54) is 4.80 Å². The molecular weight excluding hydrogens is 210 g/mol. The molecule has 0 aliphatic heterocycles. The number of esters is 1. The molecule has 0 saturated carbocycles. The quantitative estimate of drug-likeness (QED) is 0.694. The summed E-state index contributed by atoms with van der Waals surface area (Å²) in [5.74, 6) is -0.0270. The van der Waals surface area contributed by atoms with E-state index in [0.717, 1.165) is 0 Å². The van der Waals surface area contributed by atoms with Crippen LogP contribution in [0.2, 0.25) is 0 Å². The number of carbonyl (C=O) groups excluding carboxylic acids is 1. The topological polar surface area (TPSA) is 95.9 Å². The third kappa shape index (κ3) is 3.93. The zero-order valence-electron chi connectivity index (χ0n) is 9.97. The number of nitrogens with two attached hydrogens (primary N) is 1. The summed E-state index contributed by atoms with van der Waals surface area (Å²) in [6.07, 6.45) is 0.225. The number of rotatable bonds is 3. The maximum Gasteiger partial charge on any atom is 0.323 e. The summed E-state index contributed by atoms with van der Waals surface area (Å²) < 4.78 is 5.13. The van der Waals surface area contributed by atoms with Gasteiger partial charge in [-0.25, -0.2) is 0 Å². The number of nitrogens with zero attached hydrogens (tertiary/aromatic N) is 4. The van der Waals surface area contributed by atoms with Gasteiger partial charge >= 0.3 is 5.97 Å². The Labute approximate surface area is 93.9 Å². The normalized spacial score (nSPS) is 13.6. The predicted octanol–water partition coefficient (Wildman–Crippen LogP) is -0.578. The van der Waals surface area contributed by atoms with Crippen LogP contribution in [0.3, 0.4) is 0 Å². The van der Waals surface area contributed by atoms with Crippen LogP contribution in [0.5, 0.6) is 0 Å². The van der Waals surface area contributed by atoms with Crippen LogP contribution in [0, 0.1) is 0 Å². The molecule has 0 fully saturated rings. The van der Waals surface area contributed by atoms with Crippen LogP contribution in [0.4, 0.5) is 0 Å². The molecule has 0 amide bonds. The van der Waals surface area contributed by atoms with Crippen LogP contribution >= 0.6 is 0 Å². The molecule has 0 saturated heterocycles. The van der Waals surface area contributed by atoms with Gasteiger partial charge in [0.2, 0.25) is 0 Å². The molecule has 7 heteroatoms. The van der Waals surface area contributed by atoms with E-state index in [2.05, 4.69) is 15.4 Å². The van der Waals surface area contributed by atoms with Crippen LogP contribution in [-0.4, -0.2) is 37.8 Å². The average Bonchev–Trinajstić information content (AvgIpc) is 2.48. The van der Waals surface area contributed by atoms with Gasteiger partial charge in [-0.1, -0.05) is 0 Å². The minimum atomic E-state index is -0.761. The van der Waals surface area contributed by atoms with Crippen molar-refractivity contribution in [3.8, 4) is 0 Å². The molecule has 1 heterocycles. The number of carbonyl (C=O) groups is 1. The third-order valence-electron chi connectivity index (χ3n) is 1.66. The van der Waals surface area contributed by atoms with Gasteiger partial charge in [0.05, 0.1) is 7.05 Å². The van der Waals surface area contributed by atoms with Gasteiger partial charge in [0, 0.05) is 6.42 Å². The molecule has 0 spiro atoms. The highest BCUT2D eigenvalue weighted by Gasteiger charge is 2.23. The summed E-state index contributed by atoms with van der Waals surface area (Å²) in [7, 11) is 1.65. The molecule has 0 aromatic carbocycles. The summed E-state index contributed by atoms with van der Waals surface area (Å²) >= 11 is 0. The summed E-state index contributed by atoms with van der Waals surface area (Å²) in [6.45, 7) is 5.37. The van der Waals surface area contributed by atoms with Gasteiger partial charge in [-0.2, -0.15) is 4.80 Å². The Morgan fingerprint density at radius 1 is 1.56 bits per heavy atom. The number of aryl methyl sites for hydroxylation is 1. The molecule has 90 valence electrons. The van der Waals surface area contributed by atoms with Gasteiger partial charge in [-0.3, -0.25) is 4.79 Å². The van der Waals surface area contributed by atoms with Crippen molar-refractivity contribution in [3.05, 3.63) is 5.82 Å². The molecular formula is C9H17N5O2. The smallest absolute Gasteiger partial charge is 0.323 e. The Balaban J connectivity index is 2.52. The molecule has 1 aromatic rings. The van der Waals surface area contributed by atoms with E-state index in [0.29, 0.717) is 5.82 Å². The van der Waals surface area contributed by atoms with Gasteiger partial charge in [0.1, 0.15) is 11.6 Å². The van der Waals surface area contributed by atoms with Gasteiger partial charge in [0.25, 0.3) is 0 Å². The highest BCUT2D eigenvalue weighted by Crippen LogP contribution is 2.08. The number of hydrogen-bond acceptors (Lipinski definition) is 6. The van der Waals surface area contributed by atoms with Crippen LogP contribution in [0.1, 0.15) is 26.6 Å². The molecule has 16 heavy (non-hydrogen) atoms. The highest BCUT2D eigenvalue weighted by atomic mass is 16.6. The lowest BCUT2D eigenvalue weighted by Gasteiger charge is -2.21. The standard InChI is InChI=1S/C9H17N5O2/c1-9(2,3)16-8(15)6(10)5-7-11-13-14(4)12-7/h6H,5,10H2,1-4H3. The molecule has 2 N–H and O–H groups in total. The minimum Gasteiger partial charge on any atom is -0.459 e. The van der Waals surface area contributed by atoms with E-state index in [4.69, 9.17) is 10.5 Å². The Morgan fingerprint density at radius 2 is 2.19 bits per heavy atom. The maximum absolute atomic E-state index is 11.5. The van der Waals surface area contributed by atoms with Gasteiger partial charge in [0.15, 0.2) is 5.82 Å². The Hall–Kier alpha value is -1.50. The summed E-state index contributed by atoms with van der Waals surface area (Å²) in [4.78, 5) is 12.9. The van der Waals surface area contributed by atoms with Gasteiger partial charge < -0.3 is 10.5 Å². The number of ether oxygens (including phenoxy) is 1. The monoisotopic (exact) mass is 227 g/mol. The largest absolute Gasteiger partial charge is 0.459 e. The first-order valence-corrected chi connectivity index (χ1v) is 4.99. The van der Waals surface area contributed by atoms with Crippen molar-refractivity contribution < 1.29 is 9.53 Å². The molecule has 1 unspecified atom stereocenters. The first-order chi connectivity index (χ1) is 7.28. The van der Waals surface area contributed by atoms with E-state index >= 15 is 0 Å². The molecule has 1 rings (SSSR count). The van der Waals surface area contributed by atoms with Crippen molar-refractivity contribution >= 4 is 5.97 Å². The number of hydrogen-bond donors (Lipinski definition) is 1. The average molecular weight is 227 g/mol. The Morgan fingerprint density at radius 3 is 2.62 bits per heavy atom. The molecule has 7 nitrogen and oxygen atoms in total. The highest BCUT2D eigenvalue weighted by molar-refractivity contribution is 5.76. The van der Waals surface area contributed by atoms with E-state index in [9.17, 15) is 4.79 Å².